The molecule has 1 aromatic heterocycles. The van der Waals surface area contributed by atoms with Crippen molar-refractivity contribution in [2.75, 3.05) is 0 Å². The highest BCUT2D eigenvalue weighted by Gasteiger charge is 2.40. The van der Waals surface area contributed by atoms with E-state index in [0.717, 1.165) is 32.4 Å². The van der Waals surface area contributed by atoms with Gasteiger partial charge in [0.25, 0.3) is 8.32 Å². The second kappa shape index (κ2) is 9.25. The molecule has 0 bridgehead atoms. The standard InChI is InChI=1S/C30H27NO2Si/c1-22-21-31-28-26(22)19-12-20-27(28)30(29(32)23-13-6-3-7-14-23)33-34(2,24-15-8-4-9-16-24)25-17-10-5-11-18-25/h3-21,30-31H,1-2H3/t30-/m0/s1. The largest absolute Gasteiger partial charge is 0.394 e. The second-order valence-corrected chi connectivity index (χ2v) is 12.2. The number of H-pyrrole nitrogens is 1. The quantitative estimate of drug-likeness (QED) is 0.246. The Kier molecular flexibility index (Phi) is 6.01. The van der Waals surface area contributed by atoms with Gasteiger partial charge in [-0.3, -0.25) is 4.79 Å². The van der Waals surface area contributed by atoms with Crippen LogP contribution in [0.5, 0.6) is 0 Å². The van der Waals surface area contributed by atoms with Gasteiger partial charge in [0.1, 0.15) is 6.10 Å². The van der Waals surface area contributed by atoms with E-state index in [1.807, 2.05) is 85.1 Å². The molecule has 34 heavy (non-hydrogen) atoms. The number of para-hydroxylation sites is 1. The molecule has 0 radical (unpaired) electrons. The van der Waals surface area contributed by atoms with Crippen LogP contribution in [0.15, 0.2) is 115 Å². The smallest absolute Gasteiger partial charge is 0.254 e. The Morgan fingerprint density at radius 1 is 0.765 bits per heavy atom. The number of nitrogens with one attached hydrogen (secondary N) is 1. The number of benzene rings is 4. The van der Waals surface area contributed by atoms with Gasteiger partial charge in [-0.15, -0.1) is 0 Å². The third kappa shape index (κ3) is 4.02. The van der Waals surface area contributed by atoms with Crippen LogP contribution in [0.3, 0.4) is 0 Å². The number of ketones is 1. The SMILES string of the molecule is Cc1c[nH]c2c([C@H](O[Si](C)(c3ccccc3)c3ccccc3)C(=O)c3ccccc3)cccc12. The minimum Gasteiger partial charge on any atom is -0.394 e. The van der Waals surface area contributed by atoms with Crippen LogP contribution in [-0.4, -0.2) is 19.1 Å². The fourth-order valence-corrected chi connectivity index (χ4v) is 7.57. The summed E-state index contributed by atoms with van der Waals surface area (Å²) in [4.78, 5) is 17.4. The Balaban J connectivity index is 1.70. The molecule has 1 heterocycles. The molecular weight excluding hydrogens is 434 g/mol. The van der Waals surface area contributed by atoms with E-state index in [1.54, 1.807) is 0 Å². The molecule has 1 atom stereocenters. The second-order valence-electron chi connectivity index (χ2n) is 8.73. The molecule has 4 heteroatoms. The highest BCUT2D eigenvalue weighted by Crippen LogP contribution is 2.32. The minimum atomic E-state index is -2.76. The summed E-state index contributed by atoms with van der Waals surface area (Å²) < 4.78 is 7.10. The van der Waals surface area contributed by atoms with E-state index in [2.05, 4.69) is 48.8 Å². The van der Waals surface area contributed by atoms with Gasteiger partial charge in [-0.25, -0.2) is 0 Å². The van der Waals surface area contributed by atoms with E-state index in [-0.39, 0.29) is 5.78 Å². The number of hydrogen-bond acceptors (Lipinski definition) is 2. The van der Waals surface area contributed by atoms with Crippen molar-refractivity contribution in [1.29, 1.82) is 0 Å². The molecule has 0 saturated heterocycles. The molecule has 0 unspecified atom stereocenters. The van der Waals surface area contributed by atoms with E-state index >= 15 is 0 Å². The fourth-order valence-electron chi connectivity index (χ4n) is 4.60. The number of aromatic amines is 1. The Morgan fingerprint density at radius 2 is 1.32 bits per heavy atom. The van der Waals surface area contributed by atoms with Crippen LogP contribution in [0, 0.1) is 6.92 Å². The Bertz CT molecular complexity index is 1370. The van der Waals surface area contributed by atoms with Crippen molar-refractivity contribution in [2.45, 2.75) is 19.6 Å². The maximum absolute atomic E-state index is 14.0. The topological polar surface area (TPSA) is 42.1 Å². The number of carbonyl (C=O) groups is 1. The molecule has 5 rings (SSSR count). The van der Waals surface area contributed by atoms with Gasteiger partial charge >= 0.3 is 0 Å². The highest BCUT2D eigenvalue weighted by atomic mass is 28.4. The van der Waals surface area contributed by atoms with Crippen LogP contribution in [-0.2, 0) is 4.43 Å². The van der Waals surface area contributed by atoms with Gasteiger partial charge in [0.15, 0.2) is 5.78 Å². The lowest BCUT2D eigenvalue weighted by atomic mass is 9.98. The molecule has 0 fully saturated rings. The van der Waals surface area contributed by atoms with Crippen molar-refractivity contribution in [3.05, 3.63) is 132 Å². The van der Waals surface area contributed by atoms with Crippen molar-refractivity contribution in [3.8, 4) is 0 Å². The van der Waals surface area contributed by atoms with E-state index < -0.39 is 14.4 Å². The maximum Gasteiger partial charge on any atom is 0.254 e. The van der Waals surface area contributed by atoms with Gasteiger partial charge in [0, 0.05) is 22.7 Å². The van der Waals surface area contributed by atoms with Gasteiger partial charge in [-0.05, 0) is 29.4 Å². The molecular formula is C30H27NO2Si. The number of aryl methyl sites for hydroxylation is 1. The van der Waals surface area contributed by atoms with E-state index in [1.165, 1.54) is 0 Å². The molecule has 5 aromatic rings. The zero-order chi connectivity index (χ0) is 23.5. The van der Waals surface area contributed by atoms with Gasteiger partial charge < -0.3 is 9.41 Å². The van der Waals surface area contributed by atoms with Crippen LogP contribution in [0.1, 0.15) is 27.6 Å². The third-order valence-corrected chi connectivity index (χ3v) is 10.1. The van der Waals surface area contributed by atoms with E-state index in [9.17, 15) is 4.79 Å². The molecule has 168 valence electrons. The Labute approximate surface area is 201 Å². The normalized spacial score (nSPS) is 12.5. The highest BCUT2D eigenvalue weighted by molar-refractivity contribution is 6.96. The Hall–Kier alpha value is -3.73. The molecule has 0 amide bonds. The lowest BCUT2D eigenvalue weighted by molar-refractivity contribution is 0.0788. The molecule has 4 aromatic carbocycles. The molecule has 0 spiro atoms. The predicted octanol–water partition coefficient (Wildman–Crippen LogP) is 5.81. The van der Waals surface area contributed by atoms with Crippen molar-refractivity contribution >= 4 is 35.4 Å². The maximum atomic E-state index is 14.0. The number of hydrogen-bond donors (Lipinski definition) is 1. The molecule has 3 nitrogen and oxygen atoms in total. The summed E-state index contributed by atoms with van der Waals surface area (Å²) in [6.07, 6.45) is 1.24. The Morgan fingerprint density at radius 3 is 1.91 bits per heavy atom. The van der Waals surface area contributed by atoms with Crippen molar-refractivity contribution in [1.82, 2.24) is 4.98 Å². The van der Waals surface area contributed by atoms with Crippen molar-refractivity contribution < 1.29 is 9.22 Å². The summed E-state index contributed by atoms with van der Waals surface area (Å²) in [5.74, 6) is -0.0362. The average Bonchev–Trinajstić information content (AvgIpc) is 3.29. The van der Waals surface area contributed by atoms with E-state index in [0.29, 0.717) is 5.56 Å². The first kappa shape index (κ1) is 22.1. The van der Waals surface area contributed by atoms with Gasteiger partial charge in [0.05, 0.1) is 5.52 Å². The first-order chi connectivity index (χ1) is 16.6. The molecule has 0 saturated carbocycles. The molecule has 1 N–H and O–H groups in total. The molecule has 0 aliphatic carbocycles. The van der Waals surface area contributed by atoms with Gasteiger partial charge in [0.2, 0.25) is 0 Å². The number of rotatable bonds is 7. The van der Waals surface area contributed by atoms with E-state index in [4.69, 9.17) is 4.43 Å². The molecule has 0 aliphatic rings. The van der Waals surface area contributed by atoms with Crippen LogP contribution >= 0.6 is 0 Å². The van der Waals surface area contributed by atoms with Crippen LogP contribution in [0.2, 0.25) is 6.55 Å². The third-order valence-electron chi connectivity index (χ3n) is 6.54. The summed E-state index contributed by atoms with van der Waals surface area (Å²) in [5, 5.41) is 3.36. The van der Waals surface area contributed by atoms with Crippen LogP contribution in [0.25, 0.3) is 10.9 Å². The van der Waals surface area contributed by atoms with Crippen molar-refractivity contribution in [2.24, 2.45) is 0 Å². The zero-order valence-corrected chi connectivity index (χ0v) is 20.4. The average molecular weight is 462 g/mol. The predicted molar refractivity (Wildman–Crippen MR) is 141 cm³/mol. The fraction of sp³-hybridized carbons (Fsp3) is 0.100. The summed E-state index contributed by atoms with van der Waals surface area (Å²) in [6.45, 7) is 4.26. The lowest BCUT2D eigenvalue weighted by Gasteiger charge is -2.33. The van der Waals surface area contributed by atoms with Crippen molar-refractivity contribution in [3.63, 3.8) is 0 Å². The van der Waals surface area contributed by atoms with Crippen LogP contribution in [0.4, 0.5) is 0 Å². The van der Waals surface area contributed by atoms with Gasteiger partial charge in [-0.2, -0.15) is 0 Å². The molecule has 0 aliphatic heterocycles. The first-order valence-corrected chi connectivity index (χ1v) is 13.9. The summed E-state index contributed by atoms with van der Waals surface area (Å²) in [6, 6.07) is 36.2. The summed E-state index contributed by atoms with van der Waals surface area (Å²) >= 11 is 0. The number of carbonyl (C=O) groups excluding carboxylic acids is 1. The number of Topliss-reactive ketones (excluding diaryl/α,β-unsaturated/α-hetero) is 1. The van der Waals surface area contributed by atoms with Crippen LogP contribution < -0.4 is 10.4 Å². The number of fused-ring (bicyclic) bond motifs is 1. The number of aromatic nitrogens is 1. The summed E-state index contributed by atoms with van der Waals surface area (Å²) in [5.41, 5.74) is 3.61. The van der Waals surface area contributed by atoms with Gasteiger partial charge in [-0.1, -0.05) is 109 Å². The summed E-state index contributed by atoms with van der Waals surface area (Å²) in [7, 11) is -2.76. The minimum absolute atomic E-state index is 0.0362. The monoisotopic (exact) mass is 461 g/mol. The zero-order valence-electron chi connectivity index (χ0n) is 19.4. The lowest BCUT2D eigenvalue weighted by Crippen LogP contribution is -2.59. The first-order valence-electron chi connectivity index (χ1n) is 11.5.